The van der Waals surface area contributed by atoms with Gasteiger partial charge in [0.2, 0.25) is 0 Å². The second kappa shape index (κ2) is 11.2. The number of aromatic nitrogens is 1. The Bertz CT molecular complexity index is 1050. The van der Waals surface area contributed by atoms with E-state index in [1.165, 1.54) is 16.7 Å². The van der Waals surface area contributed by atoms with Crippen LogP contribution < -0.4 is 0 Å². The molecule has 0 fully saturated rings. The van der Waals surface area contributed by atoms with Gasteiger partial charge >= 0.3 is 0 Å². The van der Waals surface area contributed by atoms with E-state index in [0.29, 0.717) is 0 Å². The Balaban J connectivity index is 1.73. The van der Waals surface area contributed by atoms with Crippen molar-refractivity contribution in [2.24, 2.45) is 0 Å². The minimum atomic E-state index is -1.05. The first kappa shape index (κ1) is 25.3. The maximum absolute atomic E-state index is 6.24. The van der Waals surface area contributed by atoms with Crippen LogP contribution in [0.5, 0.6) is 0 Å². The highest BCUT2D eigenvalue weighted by molar-refractivity contribution is 8.29. The van der Waals surface area contributed by atoms with Crippen LogP contribution in [-0.4, -0.2) is 28.8 Å². The van der Waals surface area contributed by atoms with E-state index in [-0.39, 0.29) is 4.75 Å². The van der Waals surface area contributed by atoms with Crippen molar-refractivity contribution in [3.8, 4) is 22.4 Å². The molecule has 0 N–H and O–H groups in total. The molecule has 1 heterocycles. The summed E-state index contributed by atoms with van der Waals surface area (Å²) in [4.78, 5) is 5.04. The summed E-state index contributed by atoms with van der Waals surface area (Å²) in [6.07, 6.45) is 11.9. The fraction of sp³-hybridized carbons (Fsp3) is 0.367. The minimum Gasteiger partial charge on any atom is -0.337 e. The van der Waals surface area contributed by atoms with E-state index in [2.05, 4.69) is 113 Å². The Kier molecular flexibility index (Phi) is 8.56. The van der Waals surface area contributed by atoms with E-state index >= 15 is 0 Å². The number of rotatable bonds is 9. The lowest BCUT2D eigenvalue weighted by Crippen LogP contribution is -2.25. The quantitative estimate of drug-likeness (QED) is 0.298. The minimum absolute atomic E-state index is 0.208. The van der Waals surface area contributed by atoms with Crippen molar-refractivity contribution in [1.82, 2.24) is 4.98 Å². The smallest absolute Gasteiger partial charge is 0.0787 e. The fourth-order valence-electron chi connectivity index (χ4n) is 3.39. The van der Waals surface area contributed by atoms with Gasteiger partial charge in [-0.15, -0.1) is 10.3 Å². The molecule has 0 aliphatic rings. The molecule has 0 radical (unpaired) electrons. The highest BCUT2D eigenvalue weighted by Gasteiger charge is 2.28. The SMILES string of the molecule is CCc1ccc(-c2ccc(/C=C/CCCOS(C)(C)C(C)(C)C)nc2-c2ccccc2)cc1. The second-order valence-corrected chi connectivity index (χ2v) is 13.7. The monoisotopic (exact) mass is 461 g/mol. The van der Waals surface area contributed by atoms with Gasteiger partial charge < -0.3 is 4.18 Å². The van der Waals surface area contributed by atoms with Gasteiger partial charge in [0.15, 0.2) is 0 Å². The van der Waals surface area contributed by atoms with Gasteiger partial charge in [0.25, 0.3) is 0 Å². The zero-order valence-electron chi connectivity index (χ0n) is 21.1. The second-order valence-electron chi connectivity index (χ2n) is 9.76. The summed E-state index contributed by atoms with van der Waals surface area (Å²) in [5.74, 6) is 0. The molecule has 0 bridgehead atoms. The Morgan fingerprint density at radius 2 is 1.58 bits per heavy atom. The van der Waals surface area contributed by atoms with E-state index in [0.717, 1.165) is 42.8 Å². The van der Waals surface area contributed by atoms with Gasteiger partial charge in [-0.2, -0.15) is 0 Å². The summed E-state index contributed by atoms with van der Waals surface area (Å²) in [6.45, 7) is 9.78. The van der Waals surface area contributed by atoms with Crippen molar-refractivity contribution in [3.63, 3.8) is 0 Å². The van der Waals surface area contributed by atoms with Gasteiger partial charge in [0.05, 0.1) is 18.0 Å². The summed E-state index contributed by atoms with van der Waals surface area (Å²) in [7, 11) is -1.05. The van der Waals surface area contributed by atoms with Crippen molar-refractivity contribution in [3.05, 3.63) is 84.1 Å². The summed E-state index contributed by atoms with van der Waals surface area (Å²) in [5, 5.41) is 0. The van der Waals surface area contributed by atoms with Crippen LogP contribution in [0.4, 0.5) is 0 Å². The summed E-state index contributed by atoms with van der Waals surface area (Å²) in [5.41, 5.74) is 6.88. The van der Waals surface area contributed by atoms with Crippen LogP contribution in [0.15, 0.2) is 72.8 Å². The number of aryl methyl sites for hydroxylation is 1. The van der Waals surface area contributed by atoms with Crippen molar-refractivity contribution in [2.75, 3.05) is 19.1 Å². The normalized spacial score (nSPS) is 12.9. The number of benzene rings is 2. The van der Waals surface area contributed by atoms with Gasteiger partial charge in [-0.3, -0.25) is 0 Å². The predicted molar refractivity (Wildman–Crippen MR) is 148 cm³/mol. The zero-order chi connectivity index (χ0) is 23.9. The molecule has 3 heteroatoms. The van der Waals surface area contributed by atoms with E-state index in [9.17, 15) is 0 Å². The maximum Gasteiger partial charge on any atom is 0.0787 e. The molecule has 176 valence electrons. The third kappa shape index (κ3) is 6.82. The summed E-state index contributed by atoms with van der Waals surface area (Å²) >= 11 is 0. The van der Waals surface area contributed by atoms with Crippen LogP contribution in [0, 0.1) is 0 Å². The van der Waals surface area contributed by atoms with Crippen LogP contribution in [0.3, 0.4) is 0 Å². The molecular formula is C30H39NOS. The number of unbranched alkanes of at least 4 members (excludes halogenated alkanes) is 1. The highest BCUT2D eigenvalue weighted by Crippen LogP contribution is 2.53. The molecule has 3 rings (SSSR count). The first-order chi connectivity index (χ1) is 15.7. The molecule has 3 aromatic rings. The van der Waals surface area contributed by atoms with Crippen LogP contribution >= 0.6 is 10.3 Å². The Morgan fingerprint density at radius 3 is 2.21 bits per heavy atom. The van der Waals surface area contributed by atoms with Crippen molar-refractivity contribution >= 4 is 16.4 Å². The predicted octanol–water partition coefficient (Wildman–Crippen LogP) is 8.57. The Morgan fingerprint density at radius 1 is 0.879 bits per heavy atom. The molecule has 0 amide bonds. The van der Waals surface area contributed by atoms with E-state index in [1.807, 2.05) is 6.07 Å². The van der Waals surface area contributed by atoms with Gasteiger partial charge in [0.1, 0.15) is 0 Å². The van der Waals surface area contributed by atoms with Gasteiger partial charge in [-0.1, -0.05) is 94.4 Å². The number of hydrogen-bond donors (Lipinski definition) is 0. The molecule has 1 aromatic heterocycles. The van der Waals surface area contributed by atoms with Crippen molar-refractivity contribution in [1.29, 1.82) is 0 Å². The van der Waals surface area contributed by atoms with Crippen LogP contribution in [0.2, 0.25) is 0 Å². The van der Waals surface area contributed by atoms with E-state index < -0.39 is 10.3 Å². The number of nitrogens with zero attached hydrogens (tertiary/aromatic N) is 1. The molecule has 0 saturated carbocycles. The van der Waals surface area contributed by atoms with Gasteiger partial charge in [-0.05, 0) is 55.0 Å². The van der Waals surface area contributed by atoms with Gasteiger partial charge in [0, 0.05) is 15.9 Å². The van der Waals surface area contributed by atoms with E-state index in [4.69, 9.17) is 9.17 Å². The molecule has 2 nitrogen and oxygen atoms in total. The molecule has 0 saturated heterocycles. The lowest BCUT2D eigenvalue weighted by molar-refractivity contribution is 0.343. The molecule has 0 aliphatic carbocycles. The number of hydrogen-bond acceptors (Lipinski definition) is 2. The summed E-state index contributed by atoms with van der Waals surface area (Å²) in [6, 6.07) is 23.6. The molecule has 0 spiro atoms. The van der Waals surface area contributed by atoms with E-state index in [1.54, 1.807) is 0 Å². The number of pyridine rings is 1. The number of allylic oxidation sites excluding steroid dienone is 1. The first-order valence-electron chi connectivity index (χ1n) is 11.9. The first-order valence-corrected chi connectivity index (χ1v) is 14.3. The highest BCUT2D eigenvalue weighted by atomic mass is 32.3. The van der Waals surface area contributed by atoms with Crippen LogP contribution in [0.1, 0.15) is 51.8 Å². The summed E-state index contributed by atoms with van der Waals surface area (Å²) < 4.78 is 6.45. The van der Waals surface area contributed by atoms with Gasteiger partial charge in [-0.25, -0.2) is 4.98 Å². The lowest BCUT2D eigenvalue weighted by Gasteiger charge is -2.43. The van der Waals surface area contributed by atoms with Crippen LogP contribution in [-0.2, 0) is 10.6 Å². The van der Waals surface area contributed by atoms with Crippen molar-refractivity contribution < 1.29 is 4.18 Å². The fourth-order valence-corrected chi connectivity index (χ4v) is 4.27. The van der Waals surface area contributed by atoms with Crippen molar-refractivity contribution in [2.45, 2.75) is 51.7 Å². The molecule has 33 heavy (non-hydrogen) atoms. The maximum atomic E-state index is 6.24. The Labute approximate surface area is 202 Å². The zero-order valence-corrected chi connectivity index (χ0v) is 21.9. The lowest BCUT2D eigenvalue weighted by atomic mass is 9.97. The average molecular weight is 462 g/mol. The topological polar surface area (TPSA) is 22.1 Å². The third-order valence-corrected chi connectivity index (χ3v) is 10.00. The molecular weight excluding hydrogens is 422 g/mol. The van der Waals surface area contributed by atoms with Crippen LogP contribution in [0.25, 0.3) is 28.5 Å². The Hall–Kier alpha value is -2.36. The molecule has 0 atom stereocenters. The molecule has 0 unspecified atom stereocenters. The standard InChI is InChI=1S/C30H39NOS/c1-7-24-17-19-25(20-18-24)28-22-21-27(31-29(28)26-14-10-8-11-15-26)16-12-9-13-23-32-33(5,6)30(2,3)4/h8,10-12,14-22H,7,9,13,23H2,1-6H3/b16-12+. The largest absolute Gasteiger partial charge is 0.337 e. The third-order valence-electron chi connectivity index (χ3n) is 6.29. The average Bonchev–Trinajstić information content (AvgIpc) is 2.81. The molecule has 2 aromatic carbocycles. The molecule has 0 aliphatic heterocycles.